The molecule has 1 aliphatic rings. The van der Waals surface area contributed by atoms with Gasteiger partial charge in [0.25, 0.3) is 0 Å². The van der Waals surface area contributed by atoms with E-state index >= 15 is 0 Å². The topological polar surface area (TPSA) is 47.0 Å². The summed E-state index contributed by atoms with van der Waals surface area (Å²) in [5, 5.41) is 6.91. The van der Waals surface area contributed by atoms with Crippen molar-refractivity contribution < 1.29 is 4.74 Å². The average molecular weight is 366 g/mol. The van der Waals surface area contributed by atoms with Crippen molar-refractivity contribution >= 4 is 11.3 Å². The van der Waals surface area contributed by atoms with Gasteiger partial charge in [0.15, 0.2) is 0 Å². The molecule has 0 fully saturated rings. The molecule has 134 valence electrons. The molecular formula is C21H23N3OS. The maximum atomic E-state index is 5.36. The van der Waals surface area contributed by atoms with E-state index in [4.69, 9.17) is 9.72 Å². The number of nitrogens with zero attached hydrogens (tertiary/aromatic N) is 2. The van der Waals surface area contributed by atoms with Crippen LogP contribution in [-0.2, 0) is 19.3 Å². The summed E-state index contributed by atoms with van der Waals surface area (Å²) in [7, 11) is 1.73. The van der Waals surface area contributed by atoms with Crippen molar-refractivity contribution in [1.29, 1.82) is 0 Å². The largest absolute Gasteiger partial charge is 0.497 e. The number of ether oxygens (including phenoxy) is 1. The summed E-state index contributed by atoms with van der Waals surface area (Å²) in [6.07, 6.45) is 8.02. The van der Waals surface area contributed by atoms with E-state index in [0.717, 1.165) is 47.8 Å². The Morgan fingerprint density at radius 2 is 2.23 bits per heavy atom. The van der Waals surface area contributed by atoms with Gasteiger partial charge in [0, 0.05) is 42.3 Å². The molecule has 0 unspecified atom stereocenters. The van der Waals surface area contributed by atoms with E-state index in [9.17, 15) is 0 Å². The van der Waals surface area contributed by atoms with Gasteiger partial charge in [-0.3, -0.25) is 4.98 Å². The first kappa shape index (κ1) is 17.2. The molecule has 26 heavy (non-hydrogen) atoms. The van der Waals surface area contributed by atoms with Gasteiger partial charge in [0.05, 0.1) is 12.8 Å². The van der Waals surface area contributed by atoms with Crippen LogP contribution >= 0.6 is 11.3 Å². The van der Waals surface area contributed by atoms with Crippen molar-refractivity contribution in [2.24, 2.45) is 0 Å². The average Bonchev–Trinajstić information content (AvgIpc) is 3.17. The molecule has 0 amide bonds. The van der Waals surface area contributed by atoms with Crippen molar-refractivity contribution in [1.82, 2.24) is 15.3 Å². The Labute approximate surface area is 158 Å². The highest BCUT2D eigenvalue weighted by Gasteiger charge is 2.18. The number of nitrogens with one attached hydrogen (secondary N) is 1. The highest BCUT2D eigenvalue weighted by Crippen LogP contribution is 2.26. The minimum atomic E-state index is 0.533. The van der Waals surface area contributed by atoms with Crippen LogP contribution in [0, 0.1) is 0 Å². The van der Waals surface area contributed by atoms with E-state index in [2.05, 4.69) is 39.9 Å². The van der Waals surface area contributed by atoms with Crippen LogP contribution in [0.25, 0.3) is 10.6 Å². The number of hydrogen-bond donors (Lipinski definition) is 1. The van der Waals surface area contributed by atoms with Crippen molar-refractivity contribution in [3.63, 3.8) is 0 Å². The van der Waals surface area contributed by atoms with Gasteiger partial charge in [0.2, 0.25) is 0 Å². The lowest BCUT2D eigenvalue weighted by atomic mass is 9.88. The molecule has 4 nitrogen and oxygen atoms in total. The van der Waals surface area contributed by atoms with Gasteiger partial charge in [-0.05, 0) is 54.7 Å². The molecule has 0 bridgehead atoms. The molecule has 0 spiro atoms. The molecular weight excluding hydrogens is 342 g/mol. The summed E-state index contributed by atoms with van der Waals surface area (Å²) < 4.78 is 5.36. The normalized spacial score (nSPS) is 16.3. The van der Waals surface area contributed by atoms with Crippen LogP contribution in [0.3, 0.4) is 0 Å². The fourth-order valence-electron chi connectivity index (χ4n) is 3.48. The van der Waals surface area contributed by atoms with Crippen molar-refractivity contribution in [3.8, 4) is 16.3 Å². The minimum absolute atomic E-state index is 0.533. The van der Waals surface area contributed by atoms with Crippen LogP contribution in [0.15, 0.2) is 48.1 Å². The molecule has 1 aromatic carbocycles. The highest BCUT2D eigenvalue weighted by molar-refractivity contribution is 7.13. The third-order valence-electron chi connectivity index (χ3n) is 4.92. The van der Waals surface area contributed by atoms with Crippen LogP contribution in [0.5, 0.6) is 5.75 Å². The van der Waals surface area contributed by atoms with Gasteiger partial charge < -0.3 is 10.1 Å². The van der Waals surface area contributed by atoms with Crippen molar-refractivity contribution in [3.05, 3.63) is 64.9 Å². The molecule has 3 aromatic rings. The molecule has 5 heteroatoms. The predicted molar refractivity (Wildman–Crippen MR) is 106 cm³/mol. The van der Waals surface area contributed by atoms with E-state index < -0.39 is 0 Å². The first-order valence-corrected chi connectivity index (χ1v) is 9.94. The van der Waals surface area contributed by atoms with Gasteiger partial charge in [-0.25, -0.2) is 4.98 Å². The number of methoxy groups -OCH3 is 1. The minimum Gasteiger partial charge on any atom is -0.497 e. The second kappa shape index (κ2) is 7.98. The number of aryl methyl sites for hydroxylation is 1. The Bertz CT molecular complexity index is 863. The van der Waals surface area contributed by atoms with Gasteiger partial charge >= 0.3 is 0 Å². The quantitative estimate of drug-likeness (QED) is 0.720. The van der Waals surface area contributed by atoms with Crippen LogP contribution in [-0.4, -0.2) is 29.7 Å². The summed E-state index contributed by atoms with van der Waals surface area (Å²) in [5.74, 6) is 0.954. The molecule has 0 saturated heterocycles. The van der Waals surface area contributed by atoms with Crippen molar-refractivity contribution in [2.45, 2.75) is 31.7 Å². The Kier molecular flexibility index (Phi) is 5.27. The third-order valence-corrected chi connectivity index (χ3v) is 5.86. The Balaban J connectivity index is 1.31. The lowest BCUT2D eigenvalue weighted by Gasteiger charge is -2.26. The summed E-state index contributed by atoms with van der Waals surface area (Å²) in [4.78, 5) is 8.91. The van der Waals surface area contributed by atoms with E-state index in [1.54, 1.807) is 24.6 Å². The van der Waals surface area contributed by atoms with E-state index in [1.807, 2.05) is 12.3 Å². The van der Waals surface area contributed by atoms with E-state index in [0.29, 0.717) is 6.04 Å². The van der Waals surface area contributed by atoms with E-state index in [-0.39, 0.29) is 0 Å². The van der Waals surface area contributed by atoms with Gasteiger partial charge in [-0.1, -0.05) is 6.07 Å². The summed E-state index contributed by atoms with van der Waals surface area (Å²) in [6.45, 7) is 0.959. The Hall–Kier alpha value is -2.24. The third kappa shape index (κ3) is 3.94. The number of hydrogen-bond acceptors (Lipinski definition) is 5. The zero-order valence-corrected chi connectivity index (χ0v) is 15.8. The zero-order chi connectivity index (χ0) is 17.8. The van der Waals surface area contributed by atoms with Crippen LogP contribution in [0.4, 0.5) is 0 Å². The second-order valence-corrected chi connectivity index (χ2v) is 7.52. The monoisotopic (exact) mass is 365 g/mol. The molecule has 0 aliphatic heterocycles. The molecule has 1 N–H and O–H groups in total. The fourth-order valence-corrected chi connectivity index (χ4v) is 4.33. The molecule has 2 aromatic heterocycles. The number of aromatic nitrogens is 2. The lowest BCUT2D eigenvalue weighted by molar-refractivity contribution is 0.411. The van der Waals surface area contributed by atoms with E-state index in [1.165, 1.54) is 17.5 Å². The highest BCUT2D eigenvalue weighted by atomic mass is 32.1. The Morgan fingerprint density at radius 3 is 3.08 bits per heavy atom. The number of thiazole rings is 1. The van der Waals surface area contributed by atoms with Crippen LogP contribution in [0.1, 0.15) is 23.2 Å². The molecule has 1 atom stereocenters. The summed E-state index contributed by atoms with van der Waals surface area (Å²) >= 11 is 1.69. The summed E-state index contributed by atoms with van der Waals surface area (Å²) in [5.41, 5.74) is 5.12. The number of rotatable bonds is 6. The molecule has 0 saturated carbocycles. The maximum Gasteiger partial charge on any atom is 0.125 e. The summed E-state index contributed by atoms with van der Waals surface area (Å²) in [6, 6.07) is 11.0. The predicted octanol–water partition coefficient (Wildman–Crippen LogP) is 3.90. The molecule has 0 radical (unpaired) electrons. The van der Waals surface area contributed by atoms with Gasteiger partial charge in [-0.15, -0.1) is 11.3 Å². The van der Waals surface area contributed by atoms with Gasteiger partial charge in [0.1, 0.15) is 10.8 Å². The second-order valence-electron chi connectivity index (χ2n) is 6.66. The van der Waals surface area contributed by atoms with Crippen LogP contribution in [0.2, 0.25) is 0 Å². The SMILES string of the molecule is COc1ccc2c(c1)C[C@H](NCCc1csc(-c3cccnc3)n1)CC2. The van der Waals surface area contributed by atoms with Crippen LogP contribution < -0.4 is 10.1 Å². The smallest absolute Gasteiger partial charge is 0.125 e. The van der Waals surface area contributed by atoms with Gasteiger partial charge in [-0.2, -0.15) is 0 Å². The standard InChI is InChI=1S/C21H23N3OS/c1-25-20-7-5-15-4-6-18(11-17(15)12-20)23-10-8-19-14-26-21(24-19)16-3-2-9-22-13-16/h2-3,5,7,9,12-14,18,23H,4,6,8,10-11H2,1H3/t18-/m1/s1. The number of pyridine rings is 1. The molecule has 1 aliphatic carbocycles. The zero-order valence-electron chi connectivity index (χ0n) is 14.9. The lowest BCUT2D eigenvalue weighted by Crippen LogP contribution is -2.35. The first-order valence-electron chi connectivity index (χ1n) is 9.06. The first-order chi connectivity index (χ1) is 12.8. The number of fused-ring (bicyclic) bond motifs is 1. The Morgan fingerprint density at radius 1 is 1.27 bits per heavy atom. The van der Waals surface area contributed by atoms with Crippen molar-refractivity contribution in [2.75, 3.05) is 13.7 Å². The molecule has 2 heterocycles. The molecule has 4 rings (SSSR count). The maximum absolute atomic E-state index is 5.36. The fraction of sp³-hybridized carbons (Fsp3) is 0.333. The number of benzene rings is 1.